The molecule has 2 heterocycles. The molecule has 0 bridgehead atoms. The van der Waals surface area contributed by atoms with Gasteiger partial charge < -0.3 is 15.5 Å². The van der Waals surface area contributed by atoms with E-state index in [4.69, 9.17) is 5.73 Å². The maximum Gasteiger partial charge on any atom is 0.319 e. The van der Waals surface area contributed by atoms with Crippen LogP contribution in [0.2, 0.25) is 0 Å². The van der Waals surface area contributed by atoms with Crippen LogP contribution in [0, 0.1) is 5.41 Å². The molecule has 2 aliphatic heterocycles. The zero-order chi connectivity index (χ0) is 13.0. The molecule has 0 atom stereocenters. The van der Waals surface area contributed by atoms with Crippen LogP contribution in [0.1, 0.15) is 45.4 Å². The Bertz CT molecular complexity index is 277. The van der Waals surface area contributed by atoms with Crippen molar-refractivity contribution in [2.24, 2.45) is 11.1 Å². The van der Waals surface area contributed by atoms with E-state index in [9.17, 15) is 4.79 Å². The fourth-order valence-electron chi connectivity index (χ4n) is 2.90. The number of hydrogen-bond donors (Lipinski definition) is 1. The second-order valence-electron chi connectivity index (χ2n) is 6.19. The van der Waals surface area contributed by atoms with E-state index in [1.165, 1.54) is 25.7 Å². The van der Waals surface area contributed by atoms with Gasteiger partial charge in [0.2, 0.25) is 0 Å². The van der Waals surface area contributed by atoms with Crippen LogP contribution in [0.5, 0.6) is 0 Å². The highest BCUT2D eigenvalue weighted by Gasteiger charge is 2.32. The Hall–Kier alpha value is -0.770. The monoisotopic (exact) mass is 253 g/mol. The van der Waals surface area contributed by atoms with Gasteiger partial charge in [-0.15, -0.1) is 0 Å². The van der Waals surface area contributed by atoms with Gasteiger partial charge in [-0.3, -0.25) is 0 Å². The summed E-state index contributed by atoms with van der Waals surface area (Å²) in [6.45, 7) is 6.62. The third kappa shape index (κ3) is 3.16. The highest BCUT2D eigenvalue weighted by atomic mass is 16.2. The van der Waals surface area contributed by atoms with Crippen LogP contribution < -0.4 is 5.73 Å². The number of amides is 2. The summed E-state index contributed by atoms with van der Waals surface area (Å²) >= 11 is 0. The lowest BCUT2D eigenvalue weighted by Gasteiger charge is -2.40. The molecular weight excluding hydrogens is 226 g/mol. The summed E-state index contributed by atoms with van der Waals surface area (Å²) in [6, 6.07) is 0.260. The molecule has 0 unspecified atom stereocenters. The van der Waals surface area contributed by atoms with E-state index in [0.717, 1.165) is 45.6 Å². The number of rotatable bonds is 1. The molecule has 0 radical (unpaired) electrons. The van der Waals surface area contributed by atoms with Crippen LogP contribution in [-0.4, -0.2) is 48.6 Å². The lowest BCUT2D eigenvalue weighted by Crippen LogP contribution is -2.50. The van der Waals surface area contributed by atoms with E-state index >= 15 is 0 Å². The maximum atomic E-state index is 12.4. The fraction of sp³-hybridized carbons (Fsp3) is 0.929. The summed E-state index contributed by atoms with van der Waals surface area (Å²) in [5.41, 5.74) is 6.05. The van der Waals surface area contributed by atoms with Crippen LogP contribution in [0.25, 0.3) is 0 Å². The van der Waals surface area contributed by atoms with E-state index in [1.807, 2.05) is 4.90 Å². The highest BCUT2D eigenvalue weighted by Crippen LogP contribution is 2.30. The van der Waals surface area contributed by atoms with Crippen molar-refractivity contribution >= 4 is 6.03 Å². The number of likely N-dealkylation sites (tertiary alicyclic amines) is 2. The van der Waals surface area contributed by atoms with Crippen LogP contribution in [-0.2, 0) is 0 Å². The average molecular weight is 253 g/mol. The SMILES string of the molecule is CC1(CN)CCN(C(=O)N2CCCCCC2)CC1. The topological polar surface area (TPSA) is 49.6 Å². The van der Waals surface area contributed by atoms with Gasteiger partial charge in [0, 0.05) is 26.2 Å². The van der Waals surface area contributed by atoms with Crippen molar-refractivity contribution in [3.8, 4) is 0 Å². The molecule has 2 saturated heterocycles. The molecule has 4 nitrogen and oxygen atoms in total. The first kappa shape index (κ1) is 13.7. The molecule has 0 aromatic carbocycles. The second kappa shape index (κ2) is 5.91. The average Bonchev–Trinajstić information content (AvgIpc) is 2.68. The van der Waals surface area contributed by atoms with Gasteiger partial charge >= 0.3 is 6.03 Å². The van der Waals surface area contributed by atoms with E-state index in [1.54, 1.807) is 0 Å². The second-order valence-corrected chi connectivity index (χ2v) is 6.19. The molecule has 2 amide bonds. The molecule has 2 rings (SSSR count). The van der Waals surface area contributed by atoms with Crippen molar-refractivity contribution in [3.63, 3.8) is 0 Å². The number of urea groups is 1. The Balaban J connectivity index is 1.86. The molecule has 0 saturated carbocycles. The summed E-state index contributed by atoms with van der Waals surface area (Å²) < 4.78 is 0. The summed E-state index contributed by atoms with van der Waals surface area (Å²) in [5, 5.41) is 0. The Morgan fingerprint density at radius 2 is 1.50 bits per heavy atom. The van der Waals surface area contributed by atoms with Crippen molar-refractivity contribution in [3.05, 3.63) is 0 Å². The van der Waals surface area contributed by atoms with Gasteiger partial charge in [0.05, 0.1) is 0 Å². The molecule has 18 heavy (non-hydrogen) atoms. The number of carbonyl (C=O) groups excluding carboxylic acids is 1. The molecule has 4 heteroatoms. The van der Waals surface area contributed by atoms with Gasteiger partial charge in [0.25, 0.3) is 0 Å². The Kier molecular flexibility index (Phi) is 4.49. The third-order valence-electron chi connectivity index (χ3n) is 4.61. The van der Waals surface area contributed by atoms with Gasteiger partial charge in [-0.25, -0.2) is 4.79 Å². The third-order valence-corrected chi connectivity index (χ3v) is 4.61. The van der Waals surface area contributed by atoms with Gasteiger partial charge in [0.15, 0.2) is 0 Å². The molecule has 0 aromatic heterocycles. The van der Waals surface area contributed by atoms with E-state index in [0.29, 0.717) is 0 Å². The first-order valence-corrected chi connectivity index (χ1v) is 7.39. The van der Waals surface area contributed by atoms with Gasteiger partial charge in [-0.1, -0.05) is 19.8 Å². The molecule has 2 aliphatic rings. The minimum Gasteiger partial charge on any atom is -0.330 e. The van der Waals surface area contributed by atoms with Gasteiger partial charge in [-0.2, -0.15) is 0 Å². The quantitative estimate of drug-likeness (QED) is 0.777. The molecule has 2 fully saturated rings. The smallest absolute Gasteiger partial charge is 0.319 e. The van der Waals surface area contributed by atoms with E-state index < -0.39 is 0 Å². The Labute approximate surface area is 110 Å². The lowest BCUT2D eigenvalue weighted by molar-refractivity contribution is 0.108. The van der Waals surface area contributed by atoms with Crippen LogP contribution in [0.4, 0.5) is 4.79 Å². The van der Waals surface area contributed by atoms with E-state index in [-0.39, 0.29) is 11.4 Å². The largest absolute Gasteiger partial charge is 0.330 e. The number of nitrogens with two attached hydrogens (primary N) is 1. The molecule has 2 N–H and O–H groups in total. The first-order valence-electron chi connectivity index (χ1n) is 7.39. The number of piperidine rings is 1. The molecule has 104 valence electrons. The standard InChI is InChI=1S/C14H27N3O/c1-14(12-15)6-10-17(11-7-14)13(18)16-8-4-2-3-5-9-16/h2-12,15H2,1H3. The van der Waals surface area contributed by atoms with Crippen molar-refractivity contribution in [1.29, 1.82) is 0 Å². The maximum absolute atomic E-state index is 12.4. The predicted octanol–water partition coefficient (Wildman–Crippen LogP) is 2.04. The molecule has 0 aliphatic carbocycles. The van der Waals surface area contributed by atoms with Crippen molar-refractivity contribution in [2.45, 2.75) is 45.4 Å². The molecule has 0 aromatic rings. The lowest BCUT2D eigenvalue weighted by atomic mass is 9.81. The minimum absolute atomic E-state index is 0.246. The van der Waals surface area contributed by atoms with E-state index in [2.05, 4.69) is 11.8 Å². The summed E-state index contributed by atoms with van der Waals surface area (Å²) in [4.78, 5) is 16.5. The highest BCUT2D eigenvalue weighted by molar-refractivity contribution is 5.74. The number of carbonyl (C=O) groups is 1. The summed E-state index contributed by atoms with van der Waals surface area (Å²) in [5.74, 6) is 0. The summed E-state index contributed by atoms with van der Waals surface area (Å²) in [6.07, 6.45) is 6.97. The van der Waals surface area contributed by atoms with Crippen LogP contribution in [0.3, 0.4) is 0 Å². The van der Waals surface area contributed by atoms with Crippen molar-refractivity contribution < 1.29 is 4.79 Å². The normalized spacial score (nSPS) is 24.8. The number of hydrogen-bond acceptors (Lipinski definition) is 2. The first-order chi connectivity index (χ1) is 8.64. The zero-order valence-electron chi connectivity index (χ0n) is 11.7. The zero-order valence-corrected chi connectivity index (χ0v) is 11.7. The van der Waals surface area contributed by atoms with Gasteiger partial charge in [0.1, 0.15) is 0 Å². The van der Waals surface area contributed by atoms with Gasteiger partial charge in [-0.05, 0) is 37.6 Å². The fourth-order valence-corrected chi connectivity index (χ4v) is 2.90. The Morgan fingerprint density at radius 3 is 2.00 bits per heavy atom. The summed E-state index contributed by atoms with van der Waals surface area (Å²) in [7, 11) is 0. The minimum atomic E-state index is 0.246. The predicted molar refractivity (Wildman–Crippen MR) is 73.4 cm³/mol. The molecule has 0 spiro atoms. The Morgan fingerprint density at radius 1 is 1.00 bits per heavy atom. The number of nitrogens with zero attached hydrogens (tertiary/aromatic N) is 2. The molecular formula is C14H27N3O. The van der Waals surface area contributed by atoms with Crippen LogP contribution >= 0.6 is 0 Å². The van der Waals surface area contributed by atoms with Crippen molar-refractivity contribution in [1.82, 2.24) is 9.80 Å². The van der Waals surface area contributed by atoms with Crippen LogP contribution in [0.15, 0.2) is 0 Å². The van der Waals surface area contributed by atoms with Crippen molar-refractivity contribution in [2.75, 3.05) is 32.7 Å².